The third kappa shape index (κ3) is 7.13. The summed E-state index contributed by atoms with van der Waals surface area (Å²) in [6.07, 6.45) is -0.199. The SMILES string of the molecule is CCN(CCc1ccccc1F)C(=O)CNC(=O)OC(C)(C)C. The van der Waals surface area contributed by atoms with Crippen LogP contribution in [0.15, 0.2) is 24.3 Å². The molecule has 0 aliphatic heterocycles. The first-order valence-corrected chi connectivity index (χ1v) is 7.71. The van der Waals surface area contributed by atoms with Gasteiger partial charge in [0, 0.05) is 13.1 Å². The summed E-state index contributed by atoms with van der Waals surface area (Å²) in [5.41, 5.74) is -0.0403. The van der Waals surface area contributed by atoms with Crippen molar-refractivity contribution in [2.75, 3.05) is 19.6 Å². The maximum atomic E-state index is 13.6. The predicted octanol–water partition coefficient (Wildman–Crippen LogP) is 2.74. The Balaban J connectivity index is 2.46. The highest BCUT2D eigenvalue weighted by atomic mass is 19.1. The summed E-state index contributed by atoms with van der Waals surface area (Å²) < 4.78 is 18.7. The van der Waals surface area contributed by atoms with Crippen molar-refractivity contribution < 1.29 is 18.7 Å². The molecular formula is C17H25FN2O3. The Morgan fingerprint density at radius 1 is 1.26 bits per heavy atom. The molecule has 0 aliphatic rings. The lowest BCUT2D eigenvalue weighted by Crippen LogP contribution is -2.42. The van der Waals surface area contributed by atoms with Gasteiger partial charge in [-0.15, -0.1) is 0 Å². The Morgan fingerprint density at radius 3 is 2.48 bits per heavy atom. The quantitative estimate of drug-likeness (QED) is 0.875. The third-order valence-electron chi connectivity index (χ3n) is 3.13. The Kier molecular flexibility index (Phi) is 7.00. The summed E-state index contributed by atoms with van der Waals surface area (Å²) in [5.74, 6) is -0.502. The molecule has 0 unspecified atom stereocenters. The molecule has 1 aromatic carbocycles. The van der Waals surface area contributed by atoms with E-state index in [0.717, 1.165) is 0 Å². The number of nitrogens with zero attached hydrogens (tertiary/aromatic N) is 1. The fraction of sp³-hybridized carbons (Fsp3) is 0.529. The van der Waals surface area contributed by atoms with Crippen LogP contribution in [0.3, 0.4) is 0 Å². The number of halogens is 1. The van der Waals surface area contributed by atoms with E-state index in [-0.39, 0.29) is 18.3 Å². The summed E-state index contributed by atoms with van der Waals surface area (Å²) in [6, 6.07) is 6.50. The van der Waals surface area contributed by atoms with Gasteiger partial charge in [-0.3, -0.25) is 4.79 Å². The molecule has 128 valence electrons. The average Bonchev–Trinajstić information content (AvgIpc) is 2.45. The zero-order valence-corrected chi connectivity index (χ0v) is 14.2. The molecule has 2 amide bonds. The normalized spacial score (nSPS) is 11.0. The Hall–Kier alpha value is -2.11. The van der Waals surface area contributed by atoms with Gasteiger partial charge in [0.15, 0.2) is 0 Å². The largest absolute Gasteiger partial charge is 0.444 e. The molecule has 0 aromatic heterocycles. The van der Waals surface area contributed by atoms with Crippen molar-refractivity contribution >= 4 is 12.0 Å². The fourth-order valence-corrected chi connectivity index (χ4v) is 1.99. The Morgan fingerprint density at radius 2 is 1.91 bits per heavy atom. The van der Waals surface area contributed by atoms with Crippen LogP contribution in [-0.4, -0.2) is 42.1 Å². The van der Waals surface area contributed by atoms with Gasteiger partial charge in [0.1, 0.15) is 18.0 Å². The van der Waals surface area contributed by atoms with E-state index in [0.29, 0.717) is 25.1 Å². The number of carbonyl (C=O) groups excluding carboxylic acids is 2. The average molecular weight is 324 g/mol. The molecule has 0 saturated heterocycles. The standard InChI is InChI=1S/C17H25FN2O3/c1-5-20(11-10-13-8-6-7-9-14(13)18)15(21)12-19-16(22)23-17(2,3)4/h6-9H,5,10-12H2,1-4H3,(H,19,22). The maximum absolute atomic E-state index is 13.6. The van der Waals surface area contributed by atoms with Crippen LogP contribution in [0.25, 0.3) is 0 Å². The number of benzene rings is 1. The molecule has 6 heteroatoms. The van der Waals surface area contributed by atoms with E-state index in [2.05, 4.69) is 5.32 Å². The topological polar surface area (TPSA) is 58.6 Å². The molecule has 0 radical (unpaired) electrons. The van der Waals surface area contributed by atoms with Crippen LogP contribution in [0.5, 0.6) is 0 Å². The first kappa shape index (κ1) is 18.9. The molecule has 0 heterocycles. The summed E-state index contributed by atoms with van der Waals surface area (Å²) in [7, 11) is 0. The number of alkyl carbamates (subject to hydrolysis) is 1. The van der Waals surface area contributed by atoms with Crippen molar-refractivity contribution in [2.24, 2.45) is 0 Å². The first-order valence-electron chi connectivity index (χ1n) is 7.71. The molecule has 0 saturated carbocycles. The number of hydrogen-bond donors (Lipinski definition) is 1. The number of likely N-dealkylation sites (N-methyl/N-ethyl adjacent to an activating group) is 1. The van der Waals surface area contributed by atoms with Crippen LogP contribution < -0.4 is 5.32 Å². The van der Waals surface area contributed by atoms with Crippen LogP contribution >= 0.6 is 0 Å². The highest BCUT2D eigenvalue weighted by Crippen LogP contribution is 2.08. The number of amides is 2. The minimum Gasteiger partial charge on any atom is -0.444 e. The summed E-state index contributed by atoms with van der Waals surface area (Å²) >= 11 is 0. The van der Waals surface area contributed by atoms with Gasteiger partial charge >= 0.3 is 6.09 Å². The van der Waals surface area contributed by atoms with Crippen molar-refractivity contribution in [1.29, 1.82) is 0 Å². The summed E-state index contributed by atoms with van der Waals surface area (Å²) in [4.78, 5) is 25.2. The van der Waals surface area contributed by atoms with Gasteiger partial charge in [-0.1, -0.05) is 18.2 Å². The van der Waals surface area contributed by atoms with E-state index < -0.39 is 11.7 Å². The van der Waals surface area contributed by atoms with Gasteiger partial charge in [0.25, 0.3) is 0 Å². The van der Waals surface area contributed by atoms with Gasteiger partial charge in [-0.05, 0) is 45.7 Å². The molecule has 23 heavy (non-hydrogen) atoms. The molecule has 1 rings (SSSR count). The van der Waals surface area contributed by atoms with E-state index in [4.69, 9.17) is 4.74 Å². The van der Waals surface area contributed by atoms with Crippen molar-refractivity contribution in [3.63, 3.8) is 0 Å². The molecule has 5 nitrogen and oxygen atoms in total. The second-order valence-electron chi connectivity index (χ2n) is 6.17. The summed E-state index contributed by atoms with van der Waals surface area (Å²) in [5, 5.41) is 2.44. The van der Waals surface area contributed by atoms with Crippen LogP contribution in [0.1, 0.15) is 33.3 Å². The van der Waals surface area contributed by atoms with Gasteiger partial charge in [0.05, 0.1) is 0 Å². The van der Waals surface area contributed by atoms with E-state index in [9.17, 15) is 14.0 Å². The second-order valence-corrected chi connectivity index (χ2v) is 6.17. The molecule has 0 bridgehead atoms. The van der Waals surface area contributed by atoms with Crippen LogP contribution in [0.4, 0.5) is 9.18 Å². The number of rotatable bonds is 6. The van der Waals surface area contributed by atoms with Crippen molar-refractivity contribution in [3.8, 4) is 0 Å². The zero-order valence-electron chi connectivity index (χ0n) is 14.2. The number of ether oxygens (including phenoxy) is 1. The van der Waals surface area contributed by atoms with Crippen molar-refractivity contribution in [3.05, 3.63) is 35.6 Å². The first-order chi connectivity index (χ1) is 10.7. The lowest BCUT2D eigenvalue weighted by atomic mass is 10.1. The minimum absolute atomic E-state index is 0.139. The second kappa shape index (κ2) is 8.50. The fourth-order valence-electron chi connectivity index (χ4n) is 1.99. The number of nitrogens with one attached hydrogen (secondary N) is 1. The van der Waals surface area contributed by atoms with Gasteiger partial charge < -0.3 is 15.0 Å². The van der Waals surface area contributed by atoms with E-state index >= 15 is 0 Å². The smallest absolute Gasteiger partial charge is 0.408 e. The number of hydrogen-bond acceptors (Lipinski definition) is 3. The molecule has 1 N–H and O–H groups in total. The third-order valence-corrected chi connectivity index (χ3v) is 3.13. The van der Waals surface area contributed by atoms with Crippen LogP contribution in [0.2, 0.25) is 0 Å². The number of carbonyl (C=O) groups is 2. The van der Waals surface area contributed by atoms with E-state index in [1.165, 1.54) is 6.07 Å². The minimum atomic E-state index is -0.629. The molecule has 0 aliphatic carbocycles. The monoisotopic (exact) mass is 324 g/mol. The van der Waals surface area contributed by atoms with E-state index in [1.807, 2.05) is 6.92 Å². The summed E-state index contributed by atoms with van der Waals surface area (Å²) in [6.45, 7) is 7.84. The Bertz CT molecular complexity index is 541. The van der Waals surface area contributed by atoms with Crippen LogP contribution in [-0.2, 0) is 16.0 Å². The molecule has 0 fully saturated rings. The molecule has 1 aromatic rings. The molecule has 0 spiro atoms. The van der Waals surface area contributed by atoms with Crippen molar-refractivity contribution in [1.82, 2.24) is 10.2 Å². The maximum Gasteiger partial charge on any atom is 0.408 e. The lowest BCUT2D eigenvalue weighted by molar-refractivity contribution is -0.130. The van der Waals surface area contributed by atoms with Gasteiger partial charge in [-0.2, -0.15) is 0 Å². The zero-order chi connectivity index (χ0) is 17.5. The van der Waals surface area contributed by atoms with Gasteiger partial charge in [-0.25, -0.2) is 9.18 Å². The predicted molar refractivity (Wildman–Crippen MR) is 86.6 cm³/mol. The van der Waals surface area contributed by atoms with Gasteiger partial charge in [0.2, 0.25) is 5.91 Å². The van der Waals surface area contributed by atoms with Crippen LogP contribution in [0, 0.1) is 5.82 Å². The highest BCUT2D eigenvalue weighted by Gasteiger charge is 2.18. The van der Waals surface area contributed by atoms with E-state index in [1.54, 1.807) is 43.9 Å². The lowest BCUT2D eigenvalue weighted by Gasteiger charge is -2.23. The van der Waals surface area contributed by atoms with Crippen molar-refractivity contribution in [2.45, 2.75) is 39.7 Å². The highest BCUT2D eigenvalue weighted by molar-refractivity contribution is 5.82. The molecular weight excluding hydrogens is 299 g/mol. The Labute approximate surface area is 136 Å². The molecule has 0 atom stereocenters.